The maximum atomic E-state index is 11.4. The Labute approximate surface area is 131 Å². The summed E-state index contributed by atoms with van der Waals surface area (Å²) in [5.41, 5.74) is 2.82. The van der Waals surface area contributed by atoms with Crippen LogP contribution in [0.5, 0.6) is 0 Å². The average Bonchev–Trinajstić information content (AvgIpc) is 2.59. The van der Waals surface area contributed by atoms with E-state index in [2.05, 4.69) is 22.2 Å². The Morgan fingerprint density at radius 2 is 1.73 bits per heavy atom. The molecule has 1 atom stereocenters. The Morgan fingerprint density at radius 1 is 1.05 bits per heavy atom. The van der Waals surface area contributed by atoms with E-state index < -0.39 is 0 Å². The average molecular weight is 299 g/mol. The quantitative estimate of drug-likeness (QED) is 0.799. The highest BCUT2D eigenvalue weighted by Gasteiger charge is 2.09. The van der Waals surface area contributed by atoms with E-state index in [1.807, 2.05) is 30.3 Å². The van der Waals surface area contributed by atoms with Crippen LogP contribution in [-0.2, 0) is 16.0 Å². The van der Waals surface area contributed by atoms with Gasteiger partial charge in [0.1, 0.15) is 0 Å². The molecule has 0 spiro atoms. The first-order valence-electron chi connectivity index (χ1n) is 7.20. The molecule has 0 bridgehead atoms. The molecule has 1 N–H and O–H groups in total. The molecule has 4 heteroatoms. The first-order chi connectivity index (χ1) is 10.7. The van der Waals surface area contributed by atoms with Crippen LogP contribution in [-0.4, -0.2) is 26.7 Å². The molecule has 2 aromatic carbocycles. The molecule has 0 aliphatic rings. The summed E-state index contributed by atoms with van der Waals surface area (Å²) in [5, 5.41) is 3.37. The van der Waals surface area contributed by atoms with Gasteiger partial charge in [-0.3, -0.25) is 0 Å². The van der Waals surface area contributed by atoms with Crippen molar-refractivity contribution in [2.45, 2.75) is 12.6 Å². The van der Waals surface area contributed by atoms with Gasteiger partial charge in [-0.05, 0) is 23.3 Å². The molecule has 0 amide bonds. The minimum absolute atomic E-state index is 0.0237. The van der Waals surface area contributed by atoms with Crippen molar-refractivity contribution >= 4 is 5.97 Å². The van der Waals surface area contributed by atoms with Crippen LogP contribution in [0.1, 0.15) is 27.6 Å². The predicted molar refractivity (Wildman–Crippen MR) is 85.7 cm³/mol. The van der Waals surface area contributed by atoms with Crippen molar-refractivity contribution in [2.24, 2.45) is 0 Å². The summed E-state index contributed by atoms with van der Waals surface area (Å²) in [6.07, 6.45) is 0.0237. The number of esters is 1. The van der Waals surface area contributed by atoms with Gasteiger partial charge in [-0.2, -0.15) is 0 Å². The summed E-state index contributed by atoms with van der Waals surface area (Å²) in [6, 6.07) is 17.5. The van der Waals surface area contributed by atoms with Gasteiger partial charge < -0.3 is 14.8 Å². The molecule has 2 rings (SSSR count). The van der Waals surface area contributed by atoms with Gasteiger partial charge in [-0.1, -0.05) is 42.5 Å². The Bertz CT molecular complexity index is 581. The fraction of sp³-hybridized carbons (Fsp3) is 0.278. The molecule has 0 aliphatic carbocycles. The first-order valence-corrected chi connectivity index (χ1v) is 7.20. The van der Waals surface area contributed by atoms with Gasteiger partial charge in [0.25, 0.3) is 0 Å². The van der Waals surface area contributed by atoms with E-state index in [0.717, 1.165) is 17.7 Å². The molecule has 0 aliphatic heterocycles. The van der Waals surface area contributed by atoms with Crippen molar-refractivity contribution in [2.75, 3.05) is 20.8 Å². The summed E-state index contributed by atoms with van der Waals surface area (Å²) in [6.45, 7) is 1.44. The zero-order valence-electron chi connectivity index (χ0n) is 12.9. The third kappa shape index (κ3) is 4.41. The van der Waals surface area contributed by atoms with Gasteiger partial charge in [0.2, 0.25) is 0 Å². The fourth-order valence-corrected chi connectivity index (χ4v) is 2.23. The van der Waals surface area contributed by atoms with E-state index in [9.17, 15) is 4.79 Å². The molecule has 0 aromatic heterocycles. The minimum atomic E-state index is -0.317. The lowest BCUT2D eigenvalue weighted by Gasteiger charge is -2.16. The molecule has 1 unspecified atom stereocenters. The van der Waals surface area contributed by atoms with Gasteiger partial charge >= 0.3 is 5.97 Å². The van der Waals surface area contributed by atoms with E-state index in [0.29, 0.717) is 12.1 Å². The molecule has 4 nitrogen and oxygen atoms in total. The lowest BCUT2D eigenvalue weighted by atomic mass is 10.1. The topological polar surface area (TPSA) is 47.6 Å². The maximum Gasteiger partial charge on any atom is 0.337 e. The van der Waals surface area contributed by atoms with Gasteiger partial charge in [-0.15, -0.1) is 0 Å². The van der Waals surface area contributed by atoms with E-state index >= 15 is 0 Å². The molecular formula is C18H21NO3. The van der Waals surface area contributed by atoms with E-state index in [1.165, 1.54) is 7.11 Å². The zero-order chi connectivity index (χ0) is 15.8. The molecule has 0 saturated heterocycles. The van der Waals surface area contributed by atoms with Crippen LogP contribution < -0.4 is 5.32 Å². The number of benzene rings is 2. The molecule has 116 valence electrons. The molecule has 0 heterocycles. The van der Waals surface area contributed by atoms with Crippen LogP contribution in [0.3, 0.4) is 0 Å². The Kier molecular flexibility index (Phi) is 6.13. The van der Waals surface area contributed by atoms with Crippen LogP contribution >= 0.6 is 0 Å². The van der Waals surface area contributed by atoms with Crippen molar-refractivity contribution in [3.63, 3.8) is 0 Å². The van der Waals surface area contributed by atoms with Crippen LogP contribution in [0.2, 0.25) is 0 Å². The van der Waals surface area contributed by atoms with Gasteiger partial charge in [0.05, 0.1) is 18.8 Å². The molecule has 0 radical (unpaired) electrons. The maximum absolute atomic E-state index is 11.4. The SMILES string of the molecule is COC(=O)c1ccc(CNCC(OC)c2ccccc2)cc1. The standard InChI is InChI=1S/C18H21NO3/c1-21-17(15-6-4-3-5-7-15)13-19-12-14-8-10-16(11-9-14)18(20)22-2/h3-11,17,19H,12-13H2,1-2H3. The summed E-state index contributed by atoms with van der Waals surface area (Å²) < 4.78 is 10.2. The smallest absolute Gasteiger partial charge is 0.337 e. The molecule has 0 fully saturated rings. The van der Waals surface area contributed by atoms with Gasteiger partial charge in [0, 0.05) is 20.2 Å². The Balaban J connectivity index is 1.86. The lowest BCUT2D eigenvalue weighted by molar-refractivity contribution is 0.0600. The second-order valence-electron chi connectivity index (χ2n) is 4.95. The molecule has 2 aromatic rings. The Morgan fingerprint density at radius 3 is 2.32 bits per heavy atom. The molecular weight excluding hydrogens is 278 g/mol. The number of hydrogen-bond acceptors (Lipinski definition) is 4. The van der Waals surface area contributed by atoms with Crippen molar-refractivity contribution in [3.8, 4) is 0 Å². The van der Waals surface area contributed by atoms with Crippen LogP contribution in [0, 0.1) is 0 Å². The third-order valence-electron chi connectivity index (χ3n) is 3.49. The molecule has 22 heavy (non-hydrogen) atoms. The monoisotopic (exact) mass is 299 g/mol. The van der Waals surface area contributed by atoms with Crippen molar-refractivity contribution in [3.05, 3.63) is 71.3 Å². The van der Waals surface area contributed by atoms with Crippen molar-refractivity contribution in [1.29, 1.82) is 0 Å². The highest BCUT2D eigenvalue weighted by atomic mass is 16.5. The number of rotatable bonds is 7. The fourth-order valence-electron chi connectivity index (χ4n) is 2.23. The number of hydrogen-bond donors (Lipinski definition) is 1. The zero-order valence-corrected chi connectivity index (χ0v) is 12.9. The lowest BCUT2D eigenvalue weighted by Crippen LogP contribution is -2.22. The highest BCUT2D eigenvalue weighted by molar-refractivity contribution is 5.89. The second-order valence-corrected chi connectivity index (χ2v) is 4.95. The second kappa shape index (κ2) is 8.32. The summed E-state index contributed by atoms with van der Waals surface area (Å²) >= 11 is 0. The third-order valence-corrected chi connectivity index (χ3v) is 3.49. The number of carbonyl (C=O) groups is 1. The highest BCUT2D eigenvalue weighted by Crippen LogP contribution is 2.15. The number of ether oxygens (including phenoxy) is 2. The van der Waals surface area contributed by atoms with Crippen LogP contribution in [0.25, 0.3) is 0 Å². The van der Waals surface area contributed by atoms with E-state index in [1.54, 1.807) is 19.2 Å². The number of nitrogens with one attached hydrogen (secondary N) is 1. The van der Waals surface area contributed by atoms with Crippen molar-refractivity contribution < 1.29 is 14.3 Å². The van der Waals surface area contributed by atoms with Crippen LogP contribution in [0.4, 0.5) is 0 Å². The summed E-state index contributed by atoms with van der Waals surface area (Å²) in [7, 11) is 3.09. The Hall–Kier alpha value is -2.17. The number of carbonyl (C=O) groups excluding carboxylic acids is 1. The summed E-state index contributed by atoms with van der Waals surface area (Å²) in [5.74, 6) is -0.317. The largest absolute Gasteiger partial charge is 0.465 e. The van der Waals surface area contributed by atoms with Gasteiger partial charge in [0.15, 0.2) is 0 Å². The number of methoxy groups -OCH3 is 2. The van der Waals surface area contributed by atoms with E-state index in [-0.39, 0.29) is 12.1 Å². The van der Waals surface area contributed by atoms with E-state index in [4.69, 9.17) is 4.74 Å². The van der Waals surface area contributed by atoms with Gasteiger partial charge in [-0.25, -0.2) is 4.79 Å². The van der Waals surface area contributed by atoms with Crippen LogP contribution in [0.15, 0.2) is 54.6 Å². The molecule has 0 saturated carbocycles. The minimum Gasteiger partial charge on any atom is -0.465 e. The summed E-state index contributed by atoms with van der Waals surface area (Å²) in [4.78, 5) is 11.4. The predicted octanol–water partition coefficient (Wildman–Crippen LogP) is 2.95. The van der Waals surface area contributed by atoms with Crippen molar-refractivity contribution in [1.82, 2.24) is 5.32 Å². The first kappa shape index (κ1) is 16.2. The normalized spacial score (nSPS) is 11.9.